The second-order valence-electron chi connectivity index (χ2n) is 3.59. The van der Waals surface area contributed by atoms with Crippen molar-refractivity contribution in [2.24, 2.45) is 0 Å². The second-order valence-corrected chi connectivity index (χ2v) is 4.03. The third-order valence-electron chi connectivity index (χ3n) is 2.23. The van der Waals surface area contributed by atoms with Gasteiger partial charge in [0.15, 0.2) is 0 Å². The summed E-state index contributed by atoms with van der Waals surface area (Å²) in [6, 6.07) is 6.93. The molecule has 90 valence electrons. The lowest BCUT2D eigenvalue weighted by Crippen LogP contribution is -2.24. The largest absolute Gasteiger partial charge is 0.390 e. The van der Waals surface area contributed by atoms with Crippen LogP contribution in [0.2, 0.25) is 5.02 Å². The molecule has 0 aliphatic heterocycles. The number of alkyl halides is 3. The topological polar surface area (TPSA) is 12.0 Å². The molecule has 1 aromatic carbocycles. The van der Waals surface area contributed by atoms with Crippen molar-refractivity contribution in [3.05, 3.63) is 34.9 Å². The van der Waals surface area contributed by atoms with Gasteiger partial charge in [-0.1, -0.05) is 23.7 Å². The van der Waals surface area contributed by atoms with Crippen LogP contribution in [0.25, 0.3) is 0 Å². The molecule has 0 amide bonds. The maximum absolute atomic E-state index is 11.9. The summed E-state index contributed by atoms with van der Waals surface area (Å²) in [7, 11) is 0. The number of halogens is 4. The van der Waals surface area contributed by atoms with Gasteiger partial charge in [-0.15, -0.1) is 0 Å². The Morgan fingerprint density at radius 1 is 1.25 bits per heavy atom. The zero-order chi connectivity index (χ0) is 12.2. The first-order chi connectivity index (χ1) is 7.38. The van der Waals surface area contributed by atoms with E-state index in [4.69, 9.17) is 11.6 Å². The van der Waals surface area contributed by atoms with Gasteiger partial charge < -0.3 is 5.32 Å². The van der Waals surface area contributed by atoms with Crippen LogP contribution in [-0.2, 0) is 0 Å². The molecule has 0 spiro atoms. The molecule has 1 aromatic rings. The first-order valence-electron chi connectivity index (χ1n) is 4.94. The normalized spacial score (nSPS) is 13.8. The van der Waals surface area contributed by atoms with Crippen molar-refractivity contribution in [1.29, 1.82) is 0 Å². The monoisotopic (exact) mass is 251 g/mol. The van der Waals surface area contributed by atoms with Gasteiger partial charge in [0.25, 0.3) is 0 Å². The van der Waals surface area contributed by atoms with Gasteiger partial charge in [0.1, 0.15) is 0 Å². The van der Waals surface area contributed by atoms with E-state index < -0.39 is 12.6 Å². The Morgan fingerprint density at radius 3 is 2.31 bits per heavy atom. The lowest BCUT2D eigenvalue weighted by Gasteiger charge is -2.15. The molecule has 1 atom stereocenters. The summed E-state index contributed by atoms with van der Waals surface area (Å²) < 4.78 is 35.7. The predicted molar refractivity (Wildman–Crippen MR) is 58.5 cm³/mol. The zero-order valence-corrected chi connectivity index (χ0v) is 9.57. The van der Waals surface area contributed by atoms with Gasteiger partial charge in [-0.2, -0.15) is 13.2 Å². The summed E-state index contributed by atoms with van der Waals surface area (Å²) in [4.78, 5) is 0. The van der Waals surface area contributed by atoms with E-state index >= 15 is 0 Å². The van der Waals surface area contributed by atoms with Crippen LogP contribution in [0.3, 0.4) is 0 Å². The fourth-order valence-electron chi connectivity index (χ4n) is 1.30. The highest BCUT2D eigenvalue weighted by Crippen LogP contribution is 2.20. The molecule has 0 aliphatic rings. The molecule has 0 unspecified atom stereocenters. The standard InChI is InChI=1S/C11H13ClF3N/c1-8(16-7-6-11(13,14)15)9-2-4-10(12)5-3-9/h2-5,8,16H,6-7H2,1H3/t8-/m1/s1. The molecule has 0 bridgehead atoms. The Balaban J connectivity index is 2.41. The third-order valence-corrected chi connectivity index (χ3v) is 2.48. The highest BCUT2D eigenvalue weighted by Gasteiger charge is 2.26. The van der Waals surface area contributed by atoms with Crippen molar-refractivity contribution in [3.8, 4) is 0 Å². The highest BCUT2D eigenvalue weighted by molar-refractivity contribution is 6.30. The van der Waals surface area contributed by atoms with E-state index in [-0.39, 0.29) is 12.6 Å². The van der Waals surface area contributed by atoms with Gasteiger partial charge in [0.05, 0.1) is 6.42 Å². The van der Waals surface area contributed by atoms with Crippen molar-refractivity contribution < 1.29 is 13.2 Å². The second kappa shape index (κ2) is 5.55. The SMILES string of the molecule is C[C@@H](NCCC(F)(F)F)c1ccc(Cl)cc1. The van der Waals surface area contributed by atoms with E-state index in [1.165, 1.54) is 0 Å². The summed E-state index contributed by atoms with van der Waals surface area (Å²) in [6.07, 6.45) is -4.92. The van der Waals surface area contributed by atoms with Crippen LogP contribution in [0.4, 0.5) is 13.2 Å². The Kier molecular flexibility index (Phi) is 4.62. The molecular formula is C11H13ClF3N. The molecule has 16 heavy (non-hydrogen) atoms. The van der Waals surface area contributed by atoms with Crippen LogP contribution >= 0.6 is 11.6 Å². The Labute approximate surface area is 97.6 Å². The van der Waals surface area contributed by atoms with E-state index in [1.54, 1.807) is 24.3 Å². The Hall–Kier alpha value is -0.740. The van der Waals surface area contributed by atoms with Gasteiger partial charge in [-0.25, -0.2) is 0 Å². The minimum atomic E-state index is -4.10. The van der Waals surface area contributed by atoms with Crippen LogP contribution < -0.4 is 5.32 Å². The van der Waals surface area contributed by atoms with Gasteiger partial charge in [-0.3, -0.25) is 0 Å². The van der Waals surface area contributed by atoms with E-state index in [2.05, 4.69) is 5.32 Å². The lowest BCUT2D eigenvalue weighted by atomic mass is 10.1. The molecule has 0 saturated carbocycles. The molecule has 0 fully saturated rings. The summed E-state index contributed by atoms with van der Waals surface area (Å²) in [5.41, 5.74) is 0.923. The van der Waals surface area contributed by atoms with Crippen LogP contribution in [0.1, 0.15) is 24.9 Å². The van der Waals surface area contributed by atoms with Crippen LogP contribution in [0, 0.1) is 0 Å². The van der Waals surface area contributed by atoms with E-state index in [0.717, 1.165) is 5.56 Å². The zero-order valence-electron chi connectivity index (χ0n) is 8.81. The van der Waals surface area contributed by atoms with E-state index in [1.807, 2.05) is 6.92 Å². The minimum absolute atomic E-state index is 0.0761. The summed E-state index contributed by atoms with van der Waals surface area (Å²) >= 11 is 5.71. The summed E-state index contributed by atoms with van der Waals surface area (Å²) in [5, 5.41) is 3.43. The maximum atomic E-state index is 11.9. The smallest absolute Gasteiger partial charge is 0.310 e. The van der Waals surface area contributed by atoms with Gasteiger partial charge in [0.2, 0.25) is 0 Å². The number of hydrogen-bond acceptors (Lipinski definition) is 1. The van der Waals surface area contributed by atoms with E-state index in [9.17, 15) is 13.2 Å². The molecule has 1 nitrogen and oxygen atoms in total. The third kappa shape index (κ3) is 4.86. The molecule has 0 aromatic heterocycles. The molecule has 1 rings (SSSR count). The molecular weight excluding hydrogens is 239 g/mol. The summed E-state index contributed by atoms with van der Waals surface area (Å²) in [6.45, 7) is 1.74. The average Bonchev–Trinajstić information content (AvgIpc) is 2.16. The van der Waals surface area contributed by atoms with Gasteiger partial charge >= 0.3 is 6.18 Å². The minimum Gasteiger partial charge on any atom is -0.310 e. The van der Waals surface area contributed by atoms with Crippen molar-refractivity contribution >= 4 is 11.6 Å². The van der Waals surface area contributed by atoms with Crippen molar-refractivity contribution in [1.82, 2.24) is 5.32 Å². The number of hydrogen-bond donors (Lipinski definition) is 1. The van der Waals surface area contributed by atoms with Crippen LogP contribution in [-0.4, -0.2) is 12.7 Å². The number of rotatable bonds is 4. The molecule has 5 heteroatoms. The fourth-order valence-corrected chi connectivity index (χ4v) is 1.43. The quantitative estimate of drug-likeness (QED) is 0.855. The predicted octanol–water partition coefficient (Wildman–Crippen LogP) is 3.94. The van der Waals surface area contributed by atoms with Crippen molar-refractivity contribution in [2.45, 2.75) is 25.6 Å². The lowest BCUT2D eigenvalue weighted by molar-refractivity contribution is -0.133. The average molecular weight is 252 g/mol. The maximum Gasteiger partial charge on any atom is 0.390 e. The Bertz CT molecular complexity index is 321. The van der Waals surface area contributed by atoms with E-state index in [0.29, 0.717) is 5.02 Å². The summed E-state index contributed by atoms with van der Waals surface area (Å²) in [5.74, 6) is 0. The van der Waals surface area contributed by atoms with Crippen LogP contribution in [0.15, 0.2) is 24.3 Å². The molecule has 0 saturated heterocycles. The van der Waals surface area contributed by atoms with Crippen LogP contribution in [0.5, 0.6) is 0 Å². The number of benzene rings is 1. The first kappa shape index (κ1) is 13.3. The molecule has 1 N–H and O–H groups in total. The molecule has 0 aliphatic carbocycles. The highest BCUT2D eigenvalue weighted by atomic mass is 35.5. The van der Waals surface area contributed by atoms with Crippen molar-refractivity contribution in [3.63, 3.8) is 0 Å². The van der Waals surface area contributed by atoms with Crippen molar-refractivity contribution in [2.75, 3.05) is 6.54 Å². The number of nitrogens with one attached hydrogen (secondary N) is 1. The van der Waals surface area contributed by atoms with Gasteiger partial charge in [0, 0.05) is 17.6 Å². The Morgan fingerprint density at radius 2 is 1.81 bits per heavy atom. The fraction of sp³-hybridized carbons (Fsp3) is 0.455. The molecule has 0 heterocycles. The molecule has 0 radical (unpaired) electrons. The first-order valence-corrected chi connectivity index (χ1v) is 5.32. The van der Waals surface area contributed by atoms with Gasteiger partial charge in [-0.05, 0) is 24.6 Å².